The molecule has 1 aliphatic heterocycles. The Morgan fingerprint density at radius 2 is 2.05 bits per heavy atom. The molecule has 7 nitrogen and oxygen atoms in total. The fourth-order valence-corrected chi connectivity index (χ4v) is 2.54. The molecule has 0 radical (unpaired) electrons. The Kier molecular flexibility index (Phi) is 2.81. The summed E-state index contributed by atoms with van der Waals surface area (Å²) >= 11 is 0. The first-order valence-electron chi connectivity index (χ1n) is 6.33. The fraction of sp³-hybridized carbons (Fsp3) is 0.500. The first kappa shape index (κ1) is 11.9. The minimum Gasteiger partial charge on any atom is -0.369 e. The lowest BCUT2D eigenvalue weighted by Crippen LogP contribution is -2.39. The number of piperidine rings is 1. The van der Waals surface area contributed by atoms with E-state index in [0.29, 0.717) is 0 Å². The molecule has 0 aliphatic carbocycles. The molecule has 1 aliphatic rings. The van der Waals surface area contributed by atoms with Crippen molar-refractivity contribution in [2.24, 2.45) is 18.7 Å². The number of rotatable bonds is 2. The number of aromatic nitrogens is 4. The molecule has 2 N–H and O–H groups in total. The lowest BCUT2D eigenvalue weighted by molar-refractivity contribution is -0.122. The standard InChI is InChI=1S/C12H16N6O/c1-17-7-16-9-11(17)14-6-15-12(9)18-4-2-8(3-5-18)10(13)19/h6-8H,2-5H2,1H3,(H2,13,19). The van der Waals surface area contributed by atoms with Crippen molar-refractivity contribution in [3.63, 3.8) is 0 Å². The number of hydrogen-bond donors (Lipinski definition) is 1. The lowest BCUT2D eigenvalue weighted by atomic mass is 9.96. The largest absolute Gasteiger partial charge is 0.369 e. The molecule has 100 valence electrons. The van der Waals surface area contributed by atoms with Crippen molar-refractivity contribution in [2.45, 2.75) is 12.8 Å². The molecule has 1 amide bonds. The number of nitrogens with two attached hydrogens (primary N) is 1. The number of carbonyl (C=O) groups excluding carboxylic acids is 1. The zero-order valence-corrected chi connectivity index (χ0v) is 10.8. The molecule has 3 heterocycles. The lowest BCUT2D eigenvalue weighted by Gasteiger charge is -2.31. The summed E-state index contributed by atoms with van der Waals surface area (Å²) in [6, 6.07) is 0. The van der Waals surface area contributed by atoms with Crippen molar-refractivity contribution in [3.05, 3.63) is 12.7 Å². The number of imidazole rings is 1. The maximum absolute atomic E-state index is 11.2. The Bertz CT molecular complexity index is 614. The summed E-state index contributed by atoms with van der Waals surface area (Å²) in [7, 11) is 1.91. The van der Waals surface area contributed by atoms with Gasteiger partial charge < -0.3 is 15.2 Å². The third kappa shape index (κ3) is 2.00. The van der Waals surface area contributed by atoms with Gasteiger partial charge in [0, 0.05) is 26.1 Å². The maximum atomic E-state index is 11.2. The number of carbonyl (C=O) groups is 1. The molecule has 0 bridgehead atoms. The minimum atomic E-state index is -0.203. The molecular weight excluding hydrogens is 244 g/mol. The smallest absolute Gasteiger partial charge is 0.220 e. The number of fused-ring (bicyclic) bond motifs is 1. The molecule has 3 rings (SSSR count). The normalized spacial score (nSPS) is 17.0. The molecular formula is C12H16N6O. The van der Waals surface area contributed by atoms with Gasteiger partial charge in [0.2, 0.25) is 5.91 Å². The van der Waals surface area contributed by atoms with Gasteiger partial charge in [-0.2, -0.15) is 0 Å². The van der Waals surface area contributed by atoms with E-state index in [9.17, 15) is 4.79 Å². The number of anilines is 1. The van der Waals surface area contributed by atoms with Crippen molar-refractivity contribution in [2.75, 3.05) is 18.0 Å². The summed E-state index contributed by atoms with van der Waals surface area (Å²) < 4.78 is 1.87. The SMILES string of the molecule is Cn1cnc2c(N3CCC(C(N)=O)CC3)ncnc21. The first-order chi connectivity index (χ1) is 9.16. The molecule has 19 heavy (non-hydrogen) atoms. The fourth-order valence-electron chi connectivity index (χ4n) is 2.54. The molecule has 0 unspecified atom stereocenters. The highest BCUT2D eigenvalue weighted by atomic mass is 16.1. The van der Waals surface area contributed by atoms with Gasteiger partial charge in [-0.05, 0) is 12.8 Å². The van der Waals surface area contributed by atoms with Gasteiger partial charge in [-0.1, -0.05) is 0 Å². The Morgan fingerprint density at radius 3 is 2.74 bits per heavy atom. The van der Waals surface area contributed by atoms with Gasteiger partial charge in [-0.3, -0.25) is 4.79 Å². The van der Waals surface area contributed by atoms with E-state index in [4.69, 9.17) is 5.73 Å². The van der Waals surface area contributed by atoms with Gasteiger partial charge in [-0.15, -0.1) is 0 Å². The van der Waals surface area contributed by atoms with Gasteiger partial charge >= 0.3 is 0 Å². The Hall–Kier alpha value is -2.18. The van der Waals surface area contributed by atoms with E-state index < -0.39 is 0 Å². The predicted molar refractivity (Wildman–Crippen MR) is 70.4 cm³/mol. The van der Waals surface area contributed by atoms with Crippen molar-refractivity contribution >= 4 is 22.9 Å². The molecule has 1 fully saturated rings. The monoisotopic (exact) mass is 260 g/mol. The minimum absolute atomic E-state index is 0.0164. The van der Waals surface area contributed by atoms with E-state index in [1.54, 1.807) is 12.7 Å². The summed E-state index contributed by atoms with van der Waals surface area (Å²) in [5.41, 5.74) is 6.98. The van der Waals surface area contributed by atoms with Crippen LogP contribution in [0.2, 0.25) is 0 Å². The van der Waals surface area contributed by atoms with Crippen LogP contribution in [0, 0.1) is 5.92 Å². The molecule has 2 aromatic rings. The Labute approximate surface area is 110 Å². The number of hydrogen-bond acceptors (Lipinski definition) is 5. The molecule has 0 atom stereocenters. The van der Waals surface area contributed by atoms with Crippen LogP contribution in [-0.4, -0.2) is 38.5 Å². The molecule has 0 aromatic carbocycles. The van der Waals surface area contributed by atoms with Gasteiger partial charge in [0.15, 0.2) is 17.0 Å². The van der Waals surface area contributed by atoms with Gasteiger partial charge in [-0.25, -0.2) is 15.0 Å². The van der Waals surface area contributed by atoms with Crippen LogP contribution in [0.5, 0.6) is 0 Å². The number of amides is 1. The first-order valence-corrected chi connectivity index (χ1v) is 6.33. The second-order valence-electron chi connectivity index (χ2n) is 4.89. The van der Waals surface area contributed by atoms with Crippen molar-refractivity contribution < 1.29 is 4.79 Å². The highest BCUT2D eigenvalue weighted by Crippen LogP contribution is 2.25. The third-order valence-corrected chi connectivity index (χ3v) is 3.67. The van der Waals surface area contributed by atoms with Crippen LogP contribution in [0.15, 0.2) is 12.7 Å². The van der Waals surface area contributed by atoms with Crippen LogP contribution in [-0.2, 0) is 11.8 Å². The quantitative estimate of drug-likeness (QED) is 0.825. The van der Waals surface area contributed by atoms with Gasteiger partial charge in [0.1, 0.15) is 6.33 Å². The van der Waals surface area contributed by atoms with E-state index >= 15 is 0 Å². The molecule has 0 saturated carbocycles. The van der Waals surface area contributed by atoms with Crippen LogP contribution in [0.1, 0.15) is 12.8 Å². The van der Waals surface area contributed by atoms with Crippen LogP contribution in [0.3, 0.4) is 0 Å². The van der Waals surface area contributed by atoms with Gasteiger partial charge in [0.25, 0.3) is 0 Å². The Morgan fingerprint density at radius 1 is 1.32 bits per heavy atom. The average Bonchev–Trinajstić information content (AvgIpc) is 2.81. The zero-order chi connectivity index (χ0) is 13.4. The highest BCUT2D eigenvalue weighted by Gasteiger charge is 2.25. The summed E-state index contributed by atoms with van der Waals surface area (Å²) in [4.78, 5) is 26.2. The summed E-state index contributed by atoms with van der Waals surface area (Å²) in [6.45, 7) is 1.55. The van der Waals surface area contributed by atoms with E-state index in [-0.39, 0.29) is 11.8 Å². The third-order valence-electron chi connectivity index (χ3n) is 3.67. The molecule has 1 saturated heterocycles. The van der Waals surface area contributed by atoms with Gasteiger partial charge in [0.05, 0.1) is 6.33 Å². The number of nitrogens with zero attached hydrogens (tertiary/aromatic N) is 5. The summed E-state index contributed by atoms with van der Waals surface area (Å²) in [5.74, 6) is 0.621. The van der Waals surface area contributed by atoms with E-state index in [1.807, 2.05) is 11.6 Å². The number of aryl methyl sites for hydroxylation is 1. The van der Waals surface area contributed by atoms with Crippen LogP contribution in [0.4, 0.5) is 5.82 Å². The average molecular weight is 260 g/mol. The zero-order valence-electron chi connectivity index (χ0n) is 10.8. The molecule has 2 aromatic heterocycles. The highest BCUT2D eigenvalue weighted by molar-refractivity contribution is 5.83. The molecule has 0 spiro atoms. The van der Waals surface area contributed by atoms with Crippen molar-refractivity contribution in [1.29, 1.82) is 0 Å². The van der Waals surface area contributed by atoms with E-state index in [1.165, 1.54) is 0 Å². The number of primary amides is 1. The molecule has 7 heteroatoms. The van der Waals surface area contributed by atoms with Crippen molar-refractivity contribution in [1.82, 2.24) is 19.5 Å². The summed E-state index contributed by atoms with van der Waals surface area (Å²) in [6.07, 6.45) is 4.83. The predicted octanol–water partition coefficient (Wildman–Crippen LogP) is 0.0650. The van der Waals surface area contributed by atoms with Crippen molar-refractivity contribution in [3.8, 4) is 0 Å². The van der Waals surface area contributed by atoms with E-state index in [0.717, 1.165) is 42.9 Å². The van der Waals surface area contributed by atoms with Crippen LogP contribution >= 0.6 is 0 Å². The van der Waals surface area contributed by atoms with E-state index in [2.05, 4.69) is 19.9 Å². The topological polar surface area (TPSA) is 89.9 Å². The summed E-state index contributed by atoms with van der Waals surface area (Å²) in [5, 5.41) is 0. The van der Waals surface area contributed by atoms with Crippen LogP contribution < -0.4 is 10.6 Å². The second kappa shape index (κ2) is 4.49. The maximum Gasteiger partial charge on any atom is 0.220 e. The second-order valence-corrected chi connectivity index (χ2v) is 4.89. The van der Waals surface area contributed by atoms with Crippen LogP contribution in [0.25, 0.3) is 11.2 Å². The Balaban J connectivity index is 1.88.